The van der Waals surface area contributed by atoms with Crippen LogP contribution in [0.3, 0.4) is 0 Å². The first kappa shape index (κ1) is 17.7. The van der Waals surface area contributed by atoms with Crippen molar-refractivity contribution in [1.82, 2.24) is 10.2 Å². The summed E-state index contributed by atoms with van der Waals surface area (Å²) in [4.78, 5) is 14.3. The summed E-state index contributed by atoms with van der Waals surface area (Å²) in [5.74, 6) is 1.46. The zero-order valence-electron chi connectivity index (χ0n) is 14.6. The van der Waals surface area contributed by atoms with Gasteiger partial charge in [-0.2, -0.15) is 0 Å². The number of benzene rings is 1. The Hall–Kier alpha value is -2.11. The highest BCUT2D eigenvalue weighted by molar-refractivity contribution is 5.91. The number of piperidine rings is 1. The molecule has 1 aromatic carbocycles. The van der Waals surface area contributed by atoms with Crippen molar-refractivity contribution in [3.8, 4) is 0 Å². The molecule has 0 spiro atoms. The van der Waals surface area contributed by atoms with Crippen LogP contribution in [0.5, 0.6) is 0 Å². The zero-order valence-corrected chi connectivity index (χ0v) is 14.6. The number of likely N-dealkylation sites (tertiary alicyclic amines) is 1. The molecule has 1 amide bonds. The van der Waals surface area contributed by atoms with E-state index in [9.17, 15) is 9.90 Å². The summed E-state index contributed by atoms with van der Waals surface area (Å²) in [6, 6.07) is 13.3. The Morgan fingerprint density at radius 1 is 1.24 bits per heavy atom. The standard InChI is InChI=1S/C20H26N2O3/c1-15-7-8-19(25-15)20(24)21-13-16-9-11-22(12-10-16)14-18(23)17-5-3-2-4-6-17/h2-8,16,18,23H,9-14H2,1H3,(H,21,24)/t18-/m1/s1. The third-order valence-electron chi connectivity index (χ3n) is 4.84. The molecule has 3 rings (SSSR count). The van der Waals surface area contributed by atoms with E-state index < -0.39 is 6.10 Å². The molecule has 0 saturated carbocycles. The van der Waals surface area contributed by atoms with E-state index in [0.29, 0.717) is 24.8 Å². The summed E-state index contributed by atoms with van der Waals surface area (Å²) in [6.07, 6.45) is 1.61. The number of aliphatic hydroxyl groups excluding tert-OH is 1. The number of carbonyl (C=O) groups is 1. The minimum absolute atomic E-state index is 0.143. The van der Waals surface area contributed by atoms with Gasteiger partial charge in [0.1, 0.15) is 5.76 Å². The van der Waals surface area contributed by atoms with E-state index in [-0.39, 0.29) is 5.91 Å². The maximum Gasteiger partial charge on any atom is 0.287 e. The highest BCUT2D eigenvalue weighted by atomic mass is 16.3. The minimum Gasteiger partial charge on any atom is -0.456 e. The number of amides is 1. The topological polar surface area (TPSA) is 65.7 Å². The lowest BCUT2D eigenvalue weighted by Gasteiger charge is -2.33. The number of aryl methyl sites for hydroxylation is 1. The van der Waals surface area contributed by atoms with Gasteiger partial charge in [0.2, 0.25) is 0 Å². The van der Waals surface area contributed by atoms with Crippen LogP contribution < -0.4 is 5.32 Å². The number of hydrogen-bond donors (Lipinski definition) is 2. The van der Waals surface area contributed by atoms with E-state index in [1.165, 1.54) is 0 Å². The molecule has 2 N–H and O–H groups in total. The van der Waals surface area contributed by atoms with Crippen molar-refractivity contribution in [2.75, 3.05) is 26.2 Å². The van der Waals surface area contributed by atoms with Crippen LogP contribution in [0.25, 0.3) is 0 Å². The van der Waals surface area contributed by atoms with Gasteiger partial charge in [-0.05, 0) is 56.5 Å². The maximum absolute atomic E-state index is 12.0. The summed E-state index contributed by atoms with van der Waals surface area (Å²) in [6.45, 7) is 5.06. The SMILES string of the molecule is Cc1ccc(C(=O)NCC2CCN(C[C@@H](O)c3ccccc3)CC2)o1. The van der Waals surface area contributed by atoms with E-state index >= 15 is 0 Å². The smallest absolute Gasteiger partial charge is 0.287 e. The maximum atomic E-state index is 12.0. The number of nitrogens with zero attached hydrogens (tertiary/aromatic N) is 1. The Balaban J connectivity index is 1.39. The summed E-state index contributed by atoms with van der Waals surface area (Å²) in [5.41, 5.74) is 0.964. The zero-order chi connectivity index (χ0) is 17.6. The number of hydrogen-bond acceptors (Lipinski definition) is 4. The van der Waals surface area contributed by atoms with Gasteiger partial charge >= 0.3 is 0 Å². The molecule has 2 heterocycles. The molecule has 2 aromatic rings. The molecule has 1 aromatic heterocycles. The second-order valence-electron chi connectivity index (χ2n) is 6.79. The van der Waals surface area contributed by atoms with Crippen LogP contribution in [0.4, 0.5) is 0 Å². The predicted molar refractivity (Wildman–Crippen MR) is 96.3 cm³/mol. The van der Waals surface area contributed by atoms with Gasteiger partial charge < -0.3 is 19.7 Å². The molecule has 0 bridgehead atoms. The first-order valence-corrected chi connectivity index (χ1v) is 8.92. The molecule has 1 fully saturated rings. The van der Waals surface area contributed by atoms with Crippen molar-refractivity contribution in [3.05, 3.63) is 59.5 Å². The fourth-order valence-electron chi connectivity index (χ4n) is 3.28. The molecule has 0 unspecified atom stereocenters. The summed E-state index contributed by atoms with van der Waals surface area (Å²) < 4.78 is 5.34. The lowest BCUT2D eigenvalue weighted by molar-refractivity contribution is 0.0840. The molecule has 25 heavy (non-hydrogen) atoms. The molecule has 5 heteroatoms. The third-order valence-corrected chi connectivity index (χ3v) is 4.84. The van der Waals surface area contributed by atoms with Crippen molar-refractivity contribution in [2.45, 2.75) is 25.9 Å². The van der Waals surface area contributed by atoms with Gasteiger partial charge in [-0.1, -0.05) is 30.3 Å². The van der Waals surface area contributed by atoms with Crippen LogP contribution in [0, 0.1) is 12.8 Å². The van der Waals surface area contributed by atoms with Crippen LogP contribution in [0.2, 0.25) is 0 Å². The van der Waals surface area contributed by atoms with Gasteiger partial charge in [-0.25, -0.2) is 0 Å². The van der Waals surface area contributed by atoms with Crippen LogP contribution in [0.1, 0.15) is 40.8 Å². The van der Waals surface area contributed by atoms with Gasteiger partial charge in [-0.15, -0.1) is 0 Å². The number of rotatable bonds is 6. The van der Waals surface area contributed by atoms with E-state index in [1.54, 1.807) is 12.1 Å². The molecule has 0 aliphatic carbocycles. The summed E-state index contributed by atoms with van der Waals surface area (Å²) >= 11 is 0. The van der Waals surface area contributed by atoms with E-state index in [1.807, 2.05) is 37.3 Å². The Bertz CT molecular complexity index is 675. The third kappa shape index (κ3) is 4.94. The molecule has 1 aliphatic rings. The molecule has 1 atom stereocenters. The number of furan rings is 1. The number of β-amino-alcohol motifs (C(OH)–C–C–N with tert-alkyl or cyclic N) is 1. The Morgan fingerprint density at radius 3 is 2.60 bits per heavy atom. The molecule has 134 valence electrons. The largest absolute Gasteiger partial charge is 0.456 e. The summed E-state index contributed by atoms with van der Waals surface area (Å²) in [5, 5.41) is 13.3. The van der Waals surface area contributed by atoms with E-state index in [4.69, 9.17) is 4.42 Å². The number of carbonyl (C=O) groups excluding carboxylic acids is 1. The normalized spacial score (nSPS) is 17.4. The molecule has 1 aliphatic heterocycles. The molecule has 0 radical (unpaired) electrons. The number of aliphatic hydroxyl groups is 1. The van der Waals surface area contributed by atoms with Crippen LogP contribution in [0.15, 0.2) is 46.9 Å². The van der Waals surface area contributed by atoms with Gasteiger partial charge in [0.15, 0.2) is 5.76 Å². The fraction of sp³-hybridized carbons (Fsp3) is 0.450. The quantitative estimate of drug-likeness (QED) is 0.847. The second-order valence-corrected chi connectivity index (χ2v) is 6.79. The fourth-order valence-corrected chi connectivity index (χ4v) is 3.28. The summed E-state index contributed by atoms with van der Waals surface area (Å²) in [7, 11) is 0. The highest BCUT2D eigenvalue weighted by Crippen LogP contribution is 2.20. The Kier molecular flexibility index (Phi) is 5.89. The lowest BCUT2D eigenvalue weighted by atomic mass is 9.96. The average molecular weight is 342 g/mol. The van der Waals surface area contributed by atoms with Crippen molar-refractivity contribution < 1.29 is 14.3 Å². The molecule has 5 nitrogen and oxygen atoms in total. The van der Waals surface area contributed by atoms with Gasteiger partial charge in [0.05, 0.1) is 6.10 Å². The minimum atomic E-state index is -0.445. The van der Waals surface area contributed by atoms with Gasteiger partial charge in [0.25, 0.3) is 5.91 Å². The van der Waals surface area contributed by atoms with Gasteiger partial charge in [-0.3, -0.25) is 4.79 Å². The monoisotopic (exact) mass is 342 g/mol. The molecular formula is C20H26N2O3. The Morgan fingerprint density at radius 2 is 1.96 bits per heavy atom. The van der Waals surface area contributed by atoms with Crippen molar-refractivity contribution in [2.24, 2.45) is 5.92 Å². The predicted octanol–water partition coefficient (Wildman–Crippen LogP) is 2.76. The lowest BCUT2D eigenvalue weighted by Crippen LogP contribution is -2.40. The first-order valence-electron chi connectivity index (χ1n) is 8.92. The Labute approximate surface area is 148 Å². The van der Waals surface area contributed by atoms with Crippen LogP contribution >= 0.6 is 0 Å². The molecule has 1 saturated heterocycles. The number of nitrogens with one attached hydrogen (secondary N) is 1. The highest BCUT2D eigenvalue weighted by Gasteiger charge is 2.22. The van der Waals surface area contributed by atoms with Crippen LogP contribution in [-0.4, -0.2) is 42.1 Å². The van der Waals surface area contributed by atoms with E-state index in [0.717, 1.165) is 37.3 Å². The van der Waals surface area contributed by atoms with Gasteiger partial charge in [0, 0.05) is 13.1 Å². The van der Waals surface area contributed by atoms with E-state index in [2.05, 4.69) is 10.2 Å². The van der Waals surface area contributed by atoms with Crippen molar-refractivity contribution in [1.29, 1.82) is 0 Å². The van der Waals surface area contributed by atoms with Crippen LogP contribution in [-0.2, 0) is 0 Å². The average Bonchev–Trinajstić information content (AvgIpc) is 3.08. The first-order chi connectivity index (χ1) is 12.1. The van der Waals surface area contributed by atoms with Crippen molar-refractivity contribution >= 4 is 5.91 Å². The second kappa shape index (κ2) is 8.32. The van der Waals surface area contributed by atoms with Crippen molar-refractivity contribution in [3.63, 3.8) is 0 Å². The molecular weight excluding hydrogens is 316 g/mol.